The van der Waals surface area contributed by atoms with E-state index in [1.807, 2.05) is 44.2 Å². The molecule has 1 aromatic carbocycles. The zero-order valence-corrected chi connectivity index (χ0v) is 14.6. The highest BCUT2D eigenvalue weighted by Crippen LogP contribution is 2.19. The molecular formula is C17H20N4O2S. The zero-order chi connectivity index (χ0) is 17.1. The van der Waals surface area contributed by atoms with Gasteiger partial charge in [-0.2, -0.15) is 5.10 Å². The maximum atomic E-state index is 12.2. The number of hydrogen-bond acceptors (Lipinski definition) is 4. The van der Waals surface area contributed by atoms with Crippen LogP contribution in [0, 0.1) is 13.8 Å². The molecule has 7 heteroatoms. The van der Waals surface area contributed by atoms with Gasteiger partial charge in [-0.25, -0.2) is 4.68 Å². The summed E-state index contributed by atoms with van der Waals surface area (Å²) in [5.74, 6) is 1.33. The van der Waals surface area contributed by atoms with Crippen LogP contribution in [0.15, 0.2) is 30.3 Å². The van der Waals surface area contributed by atoms with Gasteiger partial charge in [0, 0.05) is 31.3 Å². The standard InChI is InChI=1S/C17H20N4O2S/c1-12-3-5-14(6-4-12)21-15(11-13(2)19-21)18-16(22)7-8-20-9-10-24-17(20)23/h3-6,11H,7-10H2,1-2H3,(H,18,22). The van der Waals surface area contributed by atoms with Crippen molar-refractivity contribution in [2.24, 2.45) is 0 Å². The van der Waals surface area contributed by atoms with Crippen LogP contribution >= 0.6 is 11.8 Å². The molecule has 3 rings (SSSR count). The molecule has 0 aliphatic carbocycles. The predicted molar refractivity (Wildman–Crippen MR) is 95.7 cm³/mol. The third kappa shape index (κ3) is 3.79. The van der Waals surface area contributed by atoms with E-state index < -0.39 is 0 Å². The highest BCUT2D eigenvalue weighted by molar-refractivity contribution is 8.13. The molecule has 1 aliphatic heterocycles. The number of amides is 2. The number of carbonyl (C=O) groups excluding carboxylic acids is 2. The van der Waals surface area contributed by atoms with Gasteiger partial charge in [-0.15, -0.1) is 0 Å². The van der Waals surface area contributed by atoms with Crippen molar-refractivity contribution in [2.45, 2.75) is 20.3 Å². The molecule has 1 N–H and O–H groups in total. The monoisotopic (exact) mass is 344 g/mol. The lowest BCUT2D eigenvalue weighted by atomic mass is 10.2. The molecule has 1 fully saturated rings. The van der Waals surface area contributed by atoms with Gasteiger partial charge < -0.3 is 10.2 Å². The summed E-state index contributed by atoms with van der Waals surface area (Å²) in [6.07, 6.45) is 0.282. The van der Waals surface area contributed by atoms with E-state index in [0.29, 0.717) is 12.4 Å². The van der Waals surface area contributed by atoms with Crippen molar-refractivity contribution >= 4 is 28.7 Å². The van der Waals surface area contributed by atoms with Gasteiger partial charge >= 0.3 is 0 Å². The van der Waals surface area contributed by atoms with Crippen LogP contribution in [0.5, 0.6) is 0 Å². The van der Waals surface area contributed by atoms with Gasteiger partial charge in [0.1, 0.15) is 5.82 Å². The van der Waals surface area contributed by atoms with Crippen molar-refractivity contribution < 1.29 is 9.59 Å². The van der Waals surface area contributed by atoms with Crippen LogP contribution in [0.25, 0.3) is 5.69 Å². The van der Waals surface area contributed by atoms with Crippen molar-refractivity contribution in [1.29, 1.82) is 0 Å². The largest absolute Gasteiger partial charge is 0.332 e. The van der Waals surface area contributed by atoms with Crippen LogP contribution in [0.3, 0.4) is 0 Å². The summed E-state index contributed by atoms with van der Waals surface area (Å²) < 4.78 is 1.73. The summed E-state index contributed by atoms with van der Waals surface area (Å²) in [6, 6.07) is 9.80. The fraction of sp³-hybridized carbons (Fsp3) is 0.353. The molecule has 1 aromatic heterocycles. The van der Waals surface area contributed by atoms with Crippen LogP contribution in [0.2, 0.25) is 0 Å². The second kappa shape index (κ2) is 7.09. The fourth-order valence-corrected chi connectivity index (χ4v) is 3.39. The van der Waals surface area contributed by atoms with E-state index in [0.717, 1.165) is 23.7 Å². The average Bonchev–Trinajstić information content (AvgIpc) is 3.12. The topological polar surface area (TPSA) is 67.2 Å². The Morgan fingerprint density at radius 3 is 2.71 bits per heavy atom. The third-order valence-corrected chi connectivity index (χ3v) is 4.72. The second-order valence-corrected chi connectivity index (χ2v) is 6.86. The Labute approximate surface area is 145 Å². The van der Waals surface area contributed by atoms with Crippen LogP contribution in [0.4, 0.5) is 10.6 Å². The van der Waals surface area contributed by atoms with Crippen LogP contribution in [-0.4, -0.2) is 44.7 Å². The van der Waals surface area contributed by atoms with Crippen LogP contribution in [-0.2, 0) is 4.79 Å². The summed E-state index contributed by atoms with van der Waals surface area (Å²) in [7, 11) is 0. The lowest BCUT2D eigenvalue weighted by Crippen LogP contribution is -2.28. The number of nitrogens with one attached hydrogen (secondary N) is 1. The predicted octanol–water partition coefficient (Wildman–Crippen LogP) is 2.99. The summed E-state index contributed by atoms with van der Waals surface area (Å²) >= 11 is 1.31. The van der Waals surface area contributed by atoms with Gasteiger partial charge in [0.25, 0.3) is 5.24 Å². The van der Waals surface area contributed by atoms with E-state index in [9.17, 15) is 9.59 Å². The summed E-state index contributed by atoms with van der Waals surface area (Å²) in [4.78, 5) is 25.5. The van der Waals surface area contributed by atoms with E-state index >= 15 is 0 Å². The second-order valence-electron chi connectivity index (χ2n) is 5.82. The van der Waals surface area contributed by atoms with E-state index in [2.05, 4.69) is 10.4 Å². The van der Waals surface area contributed by atoms with Gasteiger partial charge in [0.15, 0.2) is 0 Å². The maximum Gasteiger partial charge on any atom is 0.281 e. The SMILES string of the molecule is Cc1ccc(-n2nc(C)cc2NC(=O)CCN2CCSC2=O)cc1. The number of aromatic nitrogens is 2. The molecule has 0 bridgehead atoms. The molecule has 2 aromatic rings. The number of nitrogens with zero attached hydrogens (tertiary/aromatic N) is 3. The smallest absolute Gasteiger partial charge is 0.281 e. The molecule has 2 amide bonds. The molecule has 1 saturated heterocycles. The molecule has 6 nitrogen and oxygen atoms in total. The minimum absolute atomic E-state index is 0.0586. The Hall–Kier alpha value is -2.28. The van der Waals surface area contributed by atoms with E-state index in [-0.39, 0.29) is 17.6 Å². The molecule has 1 aliphatic rings. The number of carbonyl (C=O) groups is 2. The Kier molecular flexibility index (Phi) is 4.89. The van der Waals surface area contributed by atoms with Crippen LogP contribution < -0.4 is 5.32 Å². The van der Waals surface area contributed by atoms with Crippen molar-refractivity contribution in [2.75, 3.05) is 24.2 Å². The first-order valence-corrected chi connectivity index (χ1v) is 8.87. The number of aryl methyl sites for hydroxylation is 2. The Bertz CT molecular complexity index is 754. The van der Waals surface area contributed by atoms with Gasteiger partial charge in [-0.3, -0.25) is 9.59 Å². The van der Waals surface area contributed by atoms with E-state index in [1.54, 1.807) is 9.58 Å². The van der Waals surface area contributed by atoms with Crippen molar-refractivity contribution in [3.63, 3.8) is 0 Å². The molecular weight excluding hydrogens is 324 g/mol. The lowest BCUT2D eigenvalue weighted by molar-refractivity contribution is -0.116. The molecule has 126 valence electrons. The Morgan fingerprint density at radius 2 is 2.04 bits per heavy atom. The highest BCUT2D eigenvalue weighted by atomic mass is 32.2. The zero-order valence-electron chi connectivity index (χ0n) is 13.8. The van der Waals surface area contributed by atoms with Crippen molar-refractivity contribution in [3.8, 4) is 5.69 Å². The van der Waals surface area contributed by atoms with Crippen molar-refractivity contribution in [1.82, 2.24) is 14.7 Å². The first-order valence-electron chi connectivity index (χ1n) is 7.88. The van der Waals surface area contributed by atoms with Gasteiger partial charge in [-0.1, -0.05) is 29.5 Å². The van der Waals surface area contributed by atoms with E-state index in [4.69, 9.17) is 0 Å². The minimum atomic E-state index is -0.118. The number of anilines is 1. The lowest BCUT2D eigenvalue weighted by Gasteiger charge is -2.14. The van der Waals surface area contributed by atoms with Gasteiger partial charge in [0.05, 0.1) is 11.4 Å². The number of rotatable bonds is 5. The normalized spacial score (nSPS) is 14.2. The highest BCUT2D eigenvalue weighted by Gasteiger charge is 2.21. The first-order chi connectivity index (χ1) is 11.5. The molecule has 0 spiro atoms. The number of thioether (sulfide) groups is 1. The first kappa shape index (κ1) is 16.6. The third-order valence-electron chi connectivity index (χ3n) is 3.83. The average molecular weight is 344 g/mol. The Balaban J connectivity index is 1.67. The Morgan fingerprint density at radius 1 is 1.29 bits per heavy atom. The maximum absolute atomic E-state index is 12.2. The summed E-state index contributed by atoms with van der Waals surface area (Å²) in [6.45, 7) is 5.09. The quantitative estimate of drug-likeness (QED) is 0.905. The van der Waals surface area contributed by atoms with Gasteiger partial charge in [0.2, 0.25) is 5.91 Å². The molecule has 24 heavy (non-hydrogen) atoms. The number of hydrogen-bond donors (Lipinski definition) is 1. The molecule has 2 heterocycles. The van der Waals surface area contributed by atoms with E-state index in [1.165, 1.54) is 17.3 Å². The number of benzene rings is 1. The van der Waals surface area contributed by atoms with Crippen LogP contribution in [0.1, 0.15) is 17.7 Å². The van der Waals surface area contributed by atoms with Gasteiger partial charge in [-0.05, 0) is 26.0 Å². The minimum Gasteiger partial charge on any atom is -0.332 e. The molecule has 0 atom stereocenters. The fourth-order valence-electron chi connectivity index (χ4n) is 2.54. The molecule has 0 saturated carbocycles. The summed E-state index contributed by atoms with van der Waals surface area (Å²) in [5, 5.41) is 7.41. The van der Waals surface area contributed by atoms with Crippen molar-refractivity contribution in [3.05, 3.63) is 41.6 Å². The summed E-state index contributed by atoms with van der Waals surface area (Å²) in [5.41, 5.74) is 2.90. The molecule has 0 radical (unpaired) electrons. The molecule has 0 unspecified atom stereocenters.